The Bertz CT molecular complexity index is 436. The molecule has 0 amide bonds. The molecule has 0 saturated carbocycles. The number of rotatable bonds is 1. The lowest BCUT2D eigenvalue weighted by molar-refractivity contribution is 1.05. The van der Waals surface area contributed by atoms with Gasteiger partial charge in [0.15, 0.2) is 0 Å². The Labute approximate surface area is 81.6 Å². The molecule has 14 heavy (non-hydrogen) atoms. The zero-order valence-electron chi connectivity index (χ0n) is 7.51. The van der Waals surface area contributed by atoms with E-state index in [9.17, 15) is 0 Å². The van der Waals surface area contributed by atoms with Crippen LogP contribution in [0, 0.1) is 0 Å². The first-order chi connectivity index (χ1) is 6.77. The second-order valence-electron chi connectivity index (χ2n) is 2.93. The van der Waals surface area contributed by atoms with Crippen molar-refractivity contribution in [2.45, 2.75) is 0 Å². The Kier molecular flexibility index (Phi) is 2.02. The van der Waals surface area contributed by atoms with Crippen molar-refractivity contribution in [2.24, 2.45) is 0 Å². The summed E-state index contributed by atoms with van der Waals surface area (Å²) < 4.78 is 0. The molecule has 2 aromatic rings. The van der Waals surface area contributed by atoms with E-state index in [1.165, 1.54) is 0 Å². The quantitative estimate of drug-likeness (QED) is 0.658. The van der Waals surface area contributed by atoms with Crippen molar-refractivity contribution in [3.05, 3.63) is 36.4 Å². The van der Waals surface area contributed by atoms with E-state index in [1.54, 1.807) is 12.1 Å². The number of anilines is 2. The van der Waals surface area contributed by atoms with Gasteiger partial charge in [-0.15, -0.1) is 10.2 Å². The van der Waals surface area contributed by atoms with E-state index in [4.69, 9.17) is 11.5 Å². The molecule has 70 valence electrons. The molecule has 0 unspecified atom stereocenters. The predicted molar refractivity (Wildman–Crippen MR) is 56.3 cm³/mol. The molecule has 1 aromatic heterocycles. The number of hydrogen-bond acceptors (Lipinski definition) is 4. The Morgan fingerprint density at radius 1 is 0.857 bits per heavy atom. The van der Waals surface area contributed by atoms with Crippen LogP contribution in [0.15, 0.2) is 36.4 Å². The molecule has 4 N–H and O–H groups in total. The maximum Gasteiger partial charge on any atom is 0.146 e. The summed E-state index contributed by atoms with van der Waals surface area (Å²) in [7, 11) is 0. The van der Waals surface area contributed by atoms with Crippen molar-refractivity contribution in [2.75, 3.05) is 11.5 Å². The fourth-order valence-electron chi connectivity index (χ4n) is 1.22. The van der Waals surface area contributed by atoms with Crippen LogP contribution in [0.5, 0.6) is 0 Å². The molecule has 0 aliphatic rings. The fraction of sp³-hybridized carbons (Fsp3) is 0. The molecule has 0 bridgehead atoms. The molecular weight excluding hydrogens is 176 g/mol. The minimum atomic E-state index is 0.406. The molecule has 1 aromatic carbocycles. The molecule has 0 spiro atoms. The van der Waals surface area contributed by atoms with Crippen molar-refractivity contribution in [3.63, 3.8) is 0 Å². The lowest BCUT2D eigenvalue weighted by atomic mass is 10.1. The summed E-state index contributed by atoms with van der Waals surface area (Å²) in [5.41, 5.74) is 13.5. The normalized spacial score (nSPS) is 10.0. The van der Waals surface area contributed by atoms with E-state index in [-0.39, 0.29) is 0 Å². The van der Waals surface area contributed by atoms with Crippen LogP contribution in [0.2, 0.25) is 0 Å². The Morgan fingerprint density at radius 3 is 2.29 bits per heavy atom. The smallest absolute Gasteiger partial charge is 0.146 e. The lowest BCUT2D eigenvalue weighted by Crippen LogP contribution is -1.96. The largest absolute Gasteiger partial charge is 0.398 e. The molecule has 0 aliphatic heterocycles. The number of nitrogens with zero attached hydrogens (tertiary/aromatic N) is 2. The third-order valence-corrected chi connectivity index (χ3v) is 1.92. The zero-order valence-corrected chi connectivity index (χ0v) is 7.51. The van der Waals surface area contributed by atoms with Gasteiger partial charge in [0.1, 0.15) is 5.82 Å². The van der Waals surface area contributed by atoms with Crippen LogP contribution in [-0.4, -0.2) is 10.2 Å². The highest BCUT2D eigenvalue weighted by Crippen LogP contribution is 2.22. The summed E-state index contributed by atoms with van der Waals surface area (Å²) in [5, 5.41) is 7.72. The molecule has 4 heteroatoms. The Hall–Kier alpha value is -2.10. The van der Waals surface area contributed by atoms with Gasteiger partial charge in [-0.05, 0) is 18.2 Å². The van der Waals surface area contributed by atoms with Crippen molar-refractivity contribution in [1.29, 1.82) is 0 Å². The number of benzene rings is 1. The first-order valence-electron chi connectivity index (χ1n) is 4.21. The van der Waals surface area contributed by atoms with E-state index in [0.29, 0.717) is 11.5 Å². The van der Waals surface area contributed by atoms with Crippen molar-refractivity contribution in [3.8, 4) is 11.3 Å². The van der Waals surface area contributed by atoms with Crippen LogP contribution >= 0.6 is 0 Å². The van der Waals surface area contributed by atoms with Crippen LogP contribution < -0.4 is 11.5 Å². The van der Waals surface area contributed by atoms with Crippen LogP contribution in [0.25, 0.3) is 11.3 Å². The van der Waals surface area contributed by atoms with Crippen LogP contribution in [0.4, 0.5) is 11.5 Å². The van der Waals surface area contributed by atoms with E-state index >= 15 is 0 Å². The van der Waals surface area contributed by atoms with Crippen LogP contribution in [-0.2, 0) is 0 Å². The van der Waals surface area contributed by atoms with Gasteiger partial charge in [-0.2, -0.15) is 0 Å². The number of para-hydroxylation sites is 1. The monoisotopic (exact) mass is 186 g/mol. The van der Waals surface area contributed by atoms with Crippen molar-refractivity contribution in [1.82, 2.24) is 10.2 Å². The highest BCUT2D eigenvalue weighted by molar-refractivity contribution is 5.73. The molecule has 0 fully saturated rings. The topological polar surface area (TPSA) is 77.8 Å². The highest BCUT2D eigenvalue weighted by atomic mass is 15.1. The minimum absolute atomic E-state index is 0.406. The molecule has 0 radical (unpaired) electrons. The predicted octanol–water partition coefficient (Wildman–Crippen LogP) is 1.31. The van der Waals surface area contributed by atoms with Crippen LogP contribution in [0.3, 0.4) is 0 Å². The van der Waals surface area contributed by atoms with Gasteiger partial charge in [0.25, 0.3) is 0 Å². The van der Waals surface area contributed by atoms with Gasteiger partial charge < -0.3 is 11.5 Å². The van der Waals surface area contributed by atoms with E-state index in [1.807, 2.05) is 24.3 Å². The molecule has 2 rings (SSSR count). The minimum Gasteiger partial charge on any atom is -0.398 e. The van der Waals surface area contributed by atoms with Crippen LogP contribution in [0.1, 0.15) is 0 Å². The maximum absolute atomic E-state index is 5.79. The van der Waals surface area contributed by atoms with Gasteiger partial charge in [0.05, 0.1) is 5.69 Å². The van der Waals surface area contributed by atoms with Crippen molar-refractivity contribution >= 4 is 11.5 Å². The number of aromatic nitrogens is 2. The van der Waals surface area contributed by atoms with Gasteiger partial charge in [0, 0.05) is 11.3 Å². The summed E-state index contributed by atoms with van der Waals surface area (Å²) in [6.07, 6.45) is 0. The first-order valence-corrected chi connectivity index (χ1v) is 4.21. The Morgan fingerprint density at radius 2 is 1.64 bits per heavy atom. The zero-order chi connectivity index (χ0) is 9.97. The third kappa shape index (κ3) is 1.50. The third-order valence-electron chi connectivity index (χ3n) is 1.92. The van der Waals surface area contributed by atoms with E-state index < -0.39 is 0 Å². The molecule has 0 saturated heterocycles. The molecule has 0 atom stereocenters. The van der Waals surface area contributed by atoms with Gasteiger partial charge >= 0.3 is 0 Å². The molecule has 0 aliphatic carbocycles. The summed E-state index contributed by atoms with van der Waals surface area (Å²) in [6.45, 7) is 0. The van der Waals surface area contributed by atoms with Crippen molar-refractivity contribution < 1.29 is 0 Å². The van der Waals surface area contributed by atoms with Gasteiger partial charge in [0.2, 0.25) is 0 Å². The van der Waals surface area contributed by atoms with Gasteiger partial charge in [-0.1, -0.05) is 18.2 Å². The highest BCUT2D eigenvalue weighted by Gasteiger charge is 2.02. The summed E-state index contributed by atoms with van der Waals surface area (Å²) >= 11 is 0. The summed E-state index contributed by atoms with van der Waals surface area (Å²) in [6, 6.07) is 11.0. The fourth-order valence-corrected chi connectivity index (χ4v) is 1.22. The van der Waals surface area contributed by atoms with E-state index in [0.717, 1.165) is 11.3 Å². The summed E-state index contributed by atoms with van der Waals surface area (Å²) in [4.78, 5) is 0. The second kappa shape index (κ2) is 3.33. The van der Waals surface area contributed by atoms with E-state index in [2.05, 4.69) is 10.2 Å². The average molecular weight is 186 g/mol. The standard InChI is InChI=1S/C10H10N4/c11-8-4-2-1-3-7(8)9-5-6-10(12)14-13-9/h1-6H,11H2,(H2,12,14). The Balaban J connectivity index is 2.50. The van der Waals surface area contributed by atoms with Gasteiger partial charge in [-0.25, -0.2) is 0 Å². The number of hydrogen-bond donors (Lipinski definition) is 2. The average Bonchev–Trinajstić information content (AvgIpc) is 2.20. The molecule has 1 heterocycles. The maximum atomic E-state index is 5.79. The SMILES string of the molecule is Nc1ccc(-c2ccccc2N)nn1. The molecule has 4 nitrogen and oxygen atoms in total. The lowest BCUT2D eigenvalue weighted by Gasteiger charge is -2.03. The molecular formula is C10H10N4. The number of nitrogens with two attached hydrogens (primary N) is 2. The first kappa shape index (κ1) is 8.50. The second-order valence-corrected chi connectivity index (χ2v) is 2.93. The number of nitrogen functional groups attached to an aromatic ring is 2. The van der Waals surface area contributed by atoms with Gasteiger partial charge in [-0.3, -0.25) is 0 Å². The summed E-state index contributed by atoms with van der Waals surface area (Å²) in [5.74, 6) is 0.406.